The molecule has 0 amide bonds. The number of hydrogen-bond donors (Lipinski definition) is 1. The maximum absolute atomic E-state index is 3.72. The number of nitrogens with zero attached hydrogens (tertiary/aromatic N) is 1. The van der Waals surface area contributed by atoms with Crippen LogP contribution < -0.4 is 5.32 Å². The monoisotopic (exact) mass is 278 g/mol. The van der Waals surface area contributed by atoms with Crippen LogP contribution in [0.1, 0.15) is 25.8 Å². The summed E-state index contributed by atoms with van der Waals surface area (Å²) in [5.41, 5.74) is 1.56. The van der Waals surface area contributed by atoms with Crippen molar-refractivity contribution in [1.82, 2.24) is 10.2 Å². The Morgan fingerprint density at radius 1 is 1.37 bits per heavy atom. The fourth-order valence-electron chi connectivity index (χ4n) is 2.88. The average Bonchev–Trinajstić information content (AvgIpc) is 2.47. The number of thioether (sulfide) groups is 1. The van der Waals surface area contributed by atoms with Crippen molar-refractivity contribution < 1.29 is 0 Å². The van der Waals surface area contributed by atoms with E-state index in [4.69, 9.17) is 0 Å². The maximum Gasteiger partial charge on any atom is 0.0558 e. The first kappa shape index (κ1) is 14.9. The molecule has 1 aliphatic heterocycles. The predicted molar refractivity (Wildman–Crippen MR) is 85.8 cm³/mol. The Kier molecular flexibility index (Phi) is 5.31. The van der Waals surface area contributed by atoms with Crippen LogP contribution in [0.3, 0.4) is 0 Å². The van der Waals surface area contributed by atoms with Gasteiger partial charge in [-0.15, -0.1) is 0 Å². The third-order valence-corrected chi connectivity index (χ3v) is 4.92. The molecule has 0 aliphatic carbocycles. The zero-order chi connectivity index (χ0) is 13.7. The second-order valence-corrected chi connectivity index (χ2v) is 6.55. The van der Waals surface area contributed by atoms with Crippen LogP contribution in [0, 0.1) is 0 Å². The maximum atomic E-state index is 3.72. The number of piperazine rings is 1. The minimum atomic E-state index is 0.128. The topological polar surface area (TPSA) is 15.3 Å². The normalized spacial score (nSPS) is 28.5. The van der Waals surface area contributed by atoms with Gasteiger partial charge in [0.15, 0.2) is 0 Å². The Morgan fingerprint density at radius 3 is 2.74 bits per heavy atom. The first-order chi connectivity index (χ1) is 9.20. The molecule has 1 heterocycles. The predicted octanol–water partition coefficient (Wildman–Crippen LogP) is 2.95. The second-order valence-electron chi connectivity index (χ2n) is 5.56. The Balaban J connectivity index is 2.20. The van der Waals surface area contributed by atoms with Gasteiger partial charge in [0, 0.05) is 31.4 Å². The van der Waals surface area contributed by atoms with Gasteiger partial charge in [-0.05, 0) is 25.2 Å². The lowest BCUT2D eigenvalue weighted by Gasteiger charge is -2.48. The van der Waals surface area contributed by atoms with E-state index < -0.39 is 0 Å². The lowest BCUT2D eigenvalue weighted by Crippen LogP contribution is -2.61. The molecule has 0 aromatic heterocycles. The van der Waals surface area contributed by atoms with E-state index in [2.05, 4.69) is 60.7 Å². The number of rotatable bonds is 5. The molecule has 1 saturated heterocycles. The lowest BCUT2D eigenvalue weighted by molar-refractivity contribution is 0.0553. The fourth-order valence-corrected chi connectivity index (χ4v) is 3.28. The van der Waals surface area contributed by atoms with Crippen LogP contribution in [0.2, 0.25) is 0 Å². The van der Waals surface area contributed by atoms with Crippen molar-refractivity contribution in [3.05, 3.63) is 35.9 Å². The molecule has 1 N–H and O–H groups in total. The molecule has 2 unspecified atom stereocenters. The number of nitrogens with one attached hydrogen (secondary N) is 1. The van der Waals surface area contributed by atoms with E-state index >= 15 is 0 Å². The van der Waals surface area contributed by atoms with Gasteiger partial charge in [-0.1, -0.05) is 37.3 Å². The fraction of sp³-hybridized carbons (Fsp3) is 0.625. The van der Waals surface area contributed by atoms with Crippen molar-refractivity contribution in [3.63, 3.8) is 0 Å². The SMILES string of the molecule is CCC1CN(CCSC)C(C)(c2ccccc2)CN1. The summed E-state index contributed by atoms with van der Waals surface area (Å²) in [7, 11) is 0. The summed E-state index contributed by atoms with van der Waals surface area (Å²) in [5.74, 6) is 1.21. The second kappa shape index (κ2) is 6.78. The molecule has 0 spiro atoms. The molecule has 106 valence electrons. The van der Waals surface area contributed by atoms with Gasteiger partial charge in [0.2, 0.25) is 0 Å². The molecule has 2 atom stereocenters. The highest BCUT2D eigenvalue weighted by Gasteiger charge is 2.38. The molecule has 2 rings (SSSR count). The number of benzene rings is 1. The van der Waals surface area contributed by atoms with Crippen molar-refractivity contribution in [1.29, 1.82) is 0 Å². The first-order valence-corrected chi connectivity index (χ1v) is 8.63. The van der Waals surface area contributed by atoms with E-state index in [0.717, 1.165) is 13.1 Å². The molecule has 1 aromatic rings. The zero-order valence-corrected chi connectivity index (χ0v) is 13.2. The third-order valence-electron chi connectivity index (χ3n) is 4.33. The van der Waals surface area contributed by atoms with E-state index in [0.29, 0.717) is 6.04 Å². The van der Waals surface area contributed by atoms with Gasteiger partial charge in [0.25, 0.3) is 0 Å². The van der Waals surface area contributed by atoms with Crippen molar-refractivity contribution in [3.8, 4) is 0 Å². The van der Waals surface area contributed by atoms with Gasteiger partial charge < -0.3 is 5.32 Å². The van der Waals surface area contributed by atoms with Crippen LogP contribution in [-0.4, -0.2) is 42.6 Å². The molecule has 0 saturated carbocycles. The van der Waals surface area contributed by atoms with Crippen LogP contribution in [0.4, 0.5) is 0 Å². The van der Waals surface area contributed by atoms with Gasteiger partial charge in [-0.25, -0.2) is 0 Å². The number of hydrogen-bond acceptors (Lipinski definition) is 3. The molecule has 3 heteroatoms. The molecule has 0 radical (unpaired) electrons. The third kappa shape index (κ3) is 3.33. The molecular formula is C16H26N2S. The smallest absolute Gasteiger partial charge is 0.0558 e. The highest BCUT2D eigenvalue weighted by molar-refractivity contribution is 7.98. The standard InChI is InChI=1S/C16H26N2S/c1-4-15-12-18(10-11-19-3)16(2,13-17-15)14-8-6-5-7-9-14/h5-9,15,17H,4,10-13H2,1-3H3. The first-order valence-electron chi connectivity index (χ1n) is 7.23. The van der Waals surface area contributed by atoms with E-state index in [9.17, 15) is 0 Å². The Bertz CT molecular complexity index is 382. The Labute approximate surface area is 122 Å². The molecule has 0 bridgehead atoms. The zero-order valence-electron chi connectivity index (χ0n) is 12.4. The molecule has 1 aromatic carbocycles. The average molecular weight is 278 g/mol. The molecular weight excluding hydrogens is 252 g/mol. The summed E-state index contributed by atoms with van der Waals surface area (Å²) < 4.78 is 0. The van der Waals surface area contributed by atoms with Crippen molar-refractivity contribution in [2.45, 2.75) is 31.8 Å². The van der Waals surface area contributed by atoms with E-state index in [1.54, 1.807) is 0 Å². The van der Waals surface area contributed by atoms with Gasteiger partial charge in [0.1, 0.15) is 0 Å². The van der Waals surface area contributed by atoms with Crippen LogP contribution in [0.5, 0.6) is 0 Å². The lowest BCUT2D eigenvalue weighted by atomic mass is 9.86. The van der Waals surface area contributed by atoms with Crippen LogP contribution in [0.25, 0.3) is 0 Å². The van der Waals surface area contributed by atoms with Crippen LogP contribution in [-0.2, 0) is 5.54 Å². The van der Waals surface area contributed by atoms with Crippen molar-refractivity contribution in [2.24, 2.45) is 0 Å². The van der Waals surface area contributed by atoms with Crippen LogP contribution in [0.15, 0.2) is 30.3 Å². The van der Waals surface area contributed by atoms with Crippen molar-refractivity contribution in [2.75, 3.05) is 31.6 Å². The highest BCUT2D eigenvalue weighted by Crippen LogP contribution is 2.31. The highest BCUT2D eigenvalue weighted by atomic mass is 32.2. The summed E-state index contributed by atoms with van der Waals surface area (Å²) in [6.45, 7) is 8.02. The Morgan fingerprint density at radius 2 is 2.11 bits per heavy atom. The summed E-state index contributed by atoms with van der Waals surface area (Å²) in [6, 6.07) is 11.6. The summed E-state index contributed by atoms with van der Waals surface area (Å²) in [4.78, 5) is 2.67. The minimum Gasteiger partial charge on any atom is -0.311 e. The van der Waals surface area contributed by atoms with Crippen LogP contribution >= 0.6 is 11.8 Å². The quantitative estimate of drug-likeness (QED) is 0.891. The molecule has 1 aliphatic rings. The van der Waals surface area contributed by atoms with E-state index in [-0.39, 0.29) is 5.54 Å². The minimum absolute atomic E-state index is 0.128. The van der Waals surface area contributed by atoms with Gasteiger partial charge in [0.05, 0.1) is 5.54 Å². The van der Waals surface area contributed by atoms with Gasteiger partial charge in [-0.2, -0.15) is 11.8 Å². The molecule has 1 fully saturated rings. The Hall–Kier alpha value is -0.510. The van der Waals surface area contributed by atoms with Gasteiger partial charge >= 0.3 is 0 Å². The largest absolute Gasteiger partial charge is 0.311 e. The summed E-state index contributed by atoms with van der Waals surface area (Å²) >= 11 is 1.94. The molecule has 2 nitrogen and oxygen atoms in total. The van der Waals surface area contributed by atoms with E-state index in [1.165, 1.54) is 24.3 Å². The molecule has 19 heavy (non-hydrogen) atoms. The van der Waals surface area contributed by atoms with E-state index in [1.807, 2.05) is 11.8 Å². The van der Waals surface area contributed by atoms with Crippen molar-refractivity contribution >= 4 is 11.8 Å². The van der Waals surface area contributed by atoms with Gasteiger partial charge in [-0.3, -0.25) is 4.90 Å². The summed E-state index contributed by atoms with van der Waals surface area (Å²) in [5, 5.41) is 3.72. The summed E-state index contributed by atoms with van der Waals surface area (Å²) in [6.07, 6.45) is 3.40.